The molecular weight excluding hydrogens is 318 g/mol. The minimum atomic E-state index is 0.324. The first-order valence-electron chi connectivity index (χ1n) is 8.28. The maximum atomic E-state index is 5.87. The summed E-state index contributed by atoms with van der Waals surface area (Å²) < 4.78 is 11.2. The minimum Gasteiger partial charge on any atom is -0.471 e. The number of fused-ring (bicyclic) bond motifs is 1. The fraction of sp³-hybridized carbons (Fsp3) is 0.333. The van der Waals surface area contributed by atoms with E-state index in [1.807, 2.05) is 32.0 Å². The van der Waals surface area contributed by atoms with Gasteiger partial charge in [-0.05, 0) is 44.5 Å². The van der Waals surface area contributed by atoms with Gasteiger partial charge in [-0.25, -0.2) is 0 Å². The van der Waals surface area contributed by atoms with E-state index in [0.29, 0.717) is 12.5 Å². The van der Waals surface area contributed by atoms with E-state index in [1.54, 1.807) is 6.20 Å². The van der Waals surface area contributed by atoms with Crippen LogP contribution in [0.25, 0.3) is 11.3 Å². The van der Waals surface area contributed by atoms with Crippen LogP contribution in [-0.2, 0) is 19.6 Å². The molecule has 0 saturated heterocycles. The van der Waals surface area contributed by atoms with E-state index in [1.165, 1.54) is 5.56 Å². The molecule has 0 atom stereocenters. The van der Waals surface area contributed by atoms with Gasteiger partial charge < -0.3 is 14.6 Å². The van der Waals surface area contributed by atoms with E-state index in [-0.39, 0.29) is 0 Å². The zero-order valence-electron chi connectivity index (χ0n) is 14.2. The summed E-state index contributed by atoms with van der Waals surface area (Å²) in [4.78, 5) is 4.32. The Balaban J connectivity index is 1.55. The quantitative estimate of drug-likeness (QED) is 0.782. The van der Waals surface area contributed by atoms with Crippen LogP contribution in [0.5, 0.6) is 5.88 Å². The molecule has 1 N–H and O–H groups in total. The monoisotopic (exact) mass is 337 g/mol. The van der Waals surface area contributed by atoms with Crippen LogP contribution in [0.2, 0.25) is 0 Å². The Hall–Kier alpha value is -2.80. The second-order valence-corrected chi connectivity index (χ2v) is 6.12. The maximum Gasteiger partial charge on any atom is 0.234 e. The van der Waals surface area contributed by atoms with Crippen molar-refractivity contribution in [3.8, 4) is 17.1 Å². The Kier molecular flexibility index (Phi) is 4.15. The van der Waals surface area contributed by atoms with Gasteiger partial charge >= 0.3 is 0 Å². The molecule has 0 aromatic carbocycles. The molecule has 0 radical (unpaired) electrons. The molecule has 3 aromatic rings. The van der Waals surface area contributed by atoms with Gasteiger partial charge in [-0.2, -0.15) is 5.10 Å². The highest BCUT2D eigenvalue weighted by molar-refractivity contribution is 5.62. The molecule has 4 heterocycles. The average molecular weight is 337 g/mol. The maximum absolute atomic E-state index is 5.87. The molecule has 7 nitrogen and oxygen atoms in total. The second kappa shape index (κ2) is 6.60. The summed E-state index contributed by atoms with van der Waals surface area (Å²) in [6, 6.07) is 5.90. The lowest BCUT2D eigenvalue weighted by molar-refractivity contribution is 0.285. The highest BCUT2D eigenvalue weighted by atomic mass is 16.5. The Morgan fingerprint density at radius 1 is 1.24 bits per heavy atom. The lowest BCUT2D eigenvalue weighted by Gasteiger charge is -2.15. The molecule has 3 aromatic heterocycles. The SMILES string of the molecule is Cc1ccc(-c2noc(C)c2COc2cc3c(nn2)CNCC3)cn1. The average Bonchev–Trinajstić information content (AvgIpc) is 3.01. The largest absolute Gasteiger partial charge is 0.471 e. The lowest BCUT2D eigenvalue weighted by atomic mass is 10.1. The van der Waals surface area contributed by atoms with Crippen molar-refractivity contribution < 1.29 is 9.26 Å². The van der Waals surface area contributed by atoms with E-state index in [9.17, 15) is 0 Å². The summed E-state index contributed by atoms with van der Waals surface area (Å²) in [7, 11) is 0. The Morgan fingerprint density at radius 3 is 3.00 bits per heavy atom. The van der Waals surface area contributed by atoms with Gasteiger partial charge in [0.25, 0.3) is 0 Å². The standard InChI is InChI=1S/C18H19N5O2/c1-11-3-4-14(8-20-11)18-15(12(2)25-23-18)10-24-17-7-13-5-6-19-9-16(13)21-22-17/h3-4,7-8,19H,5-6,9-10H2,1-2H3. The van der Waals surface area contributed by atoms with Crippen LogP contribution in [-0.4, -0.2) is 26.9 Å². The summed E-state index contributed by atoms with van der Waals surface area (Å²) in [5.74, 6) is 1.25. The van der Waals surface area contributed by atoms with Crippen LogP contribution >= 0.6 is 0 Å². The van der Waals surface area contributed by atoms with E-state index >= 15 is 0 Å². The lowest BCUT2D eigenvalue weighted by Crippen LogP contribution is -2.25. The normalized spacial score (nSPS) is 13.5. The number of pyridine rings is 1. The first-order chi connectivity index (χ1) is 12.2. The summed E-state index contributed by atoms with van der Waals surface area (Å²) >= 11 is 0. The van der Waals surface area contributed by atoms with Crippen molar-refractivity contribution in [3.63, 3.8) is 0 Å². The number of ether oxygens (including phenoxy) is 1. The summed E-state index contributed by atoms with van der Waals surface area (Å²) in [6.45, 7) is 5.86. The van der Waals surface area contributed by atoms with Gasteiger partial charge in [0.15, 0.2) is 0 Å². The van der Waals surface area contributed by atoms with Gasteiger partial charge in [-0.1, -0.05) is 5.16 Å². The molecule has 1 aliphatic heterocycles. The van der Waals surface area contributed by atoms with Gasteiger partial charge in [0.2, 0.25) is 5.88 Å². The van der Waals surface area contributed by atoms with Crippen LogP contribution in [0.3, 0.4) is 0 Å². The molecular formula is C18H19N5O2. The van der Waals surface area contributed by atoms with Crippen molar-refractivity contribution in [2.45, 2.75) is 33.4 Å². The van der Waals surface area contributed by atoms with E-state index in [2.05, 4.69) is 25.7 Å². The third-order valence-corrected chi connectivity index (χ3v) is 4.34. The summed E-state index contributed by atoms with van der Waals surface area (Å²) in [5, 5.41) is 15.8. The van der Waals surface area contributed by atoms with E-state index in [4.69, 9.17) is 9.26 Å². The first-order valence-corrected chi connectivity index (χ1v) is 8.28. The number of nitrogens with one attached hydrogen (secondary N) is 1. The number of rotatable bonds is 4. The van der Waals surface area contributed by atoms with Crippen LogP contribution < -0.4 is 10.1 Å². The van der Waals surface area contributed by atoms with Crippen molar-refractivity contribution in [2.24, 2.45) is 0 Å². The molecule has 7 heteroatoms. The van der Waals surface area contributed by atoms with Gasteiger partial charge in [0.05, 0.1) is 11.3 Å². The first kappa shape index (κ1) is 15.7. The number of aromatic nitrogens is 4. The van der Waals surface area contributed by atoms with Crippen LogP contribution in [0, 0.1) is 13.8 Å². The van der Waals surface area contributed by atoms with E-state index in [0.717, 1.165) is 53.5 Å². The van der Waals surface area contributed by atoms with Crippen LogP contribution in [0.15, 0.2) is 28.9 Å². The molecule has 128 valence electrons. The molecule has 4 rings (SSSR count). The summed E-state index contributed by atoms with van der Waals surface area (Å²) in [5.41, 5.74) is 5.69. The zero-order chi connectivity index (χ0) is 17.2. The fourth-order valence-corrected chi connectivity index (χ4v) is 2.84. The molecule has 0 aliphatic carbocycles. The molecule has 0 amide bonds. The number of hydrogen-bond acceptors (Lipinski definition) is 7. The van der Waals surface area contributed by atoms with Gasteiger partial charge in [0.1, 0.15) is 18.1 Å². The van der Waals surface area contributed by atoms with Gasteiger partial charge in [0, 0.05) is 30.1 Å². The van der Waals surface area contributed by atoms with Crippen molar-refractivity contribution in [1.82, 2.24) is 25.7 Å². The van der Waals surface area contributed by atoms with Crippen molar-refractivity contribution in [1.29, 1.82) is 0 Å². The van der Waals surface area contributed by atoms with Crippen molar-refractivity contribution >= 4 is 0 Å². The third kappa shape index (κ3) is 3.23. The van der Waals surface area contributed by atoms with Crippen LogP contribution in [0.4, 0.5) is 0 Å². The number of nitrogens with zero attached hydrogens (tertiary/aromatic N) is 4. The van der Waals surface area contributed by atoms with Crippen molar-refractivity contribution in [3.05, 3.63) is 52.7 Å². The fourth-order valence-electron chi connectivity index (χ4n) is 2.84. The van der Waals surface area contributed by atoms with E-state index < -0.39 is 0 Å². The highest BCUT2D eigenvalue weighted by Gasteiger charge is 2.17. The highest BCUT2D eigenvalue weighted by Crippen LogP contribution is 2.26. The second-order valence-electron chi connectivity index (χ2n) is 6.12. The van der Waals surface area contributed by atoms with Gasteiger partial charge in [-0.15, -0.1) is 5.10 Å². The van der Waals surface area contributed by atoms with Crippen LogP contribution in [0.1, 0.15) is 28.3 Å². The van der Waals surface area contributed by atoms with Gasteiger partial charge in [-0.3, -0.25) is 4.98 Å². The number of aryl methyl sites for hydroxylation is 2. The molecule has 25 heavy (non-hydrogen) atoms. The molecule has 0 spiro atoms. The Labute approximate surface area is 145 Å². The minimum absolute atomic E-state index is 0.324. The third-order valence-electron chi connectivity index (χ3n) is 4.34. The molecule has 0 bridgehead atoms. The number of hydrogen-bond donors (Lipinski definition) is 1. The Morgan fingerprint density at radius 2 is 2.16 bits per heavy atom. The predicted octanol–water partition coefficient (Wildman–Crippen LogP) is 2.37. The summed E-state index contributed by atoms with van der Waals surface area (Å²) in [6.07, 6.45) is 2.73. The Bertz CT molecular complexity index is 889. The molecule has 0 fully saturated rings. The predicted molar refractivity (Wildman–Crippen MR) is 91.0 cm³/mol. The van der Waals surface area contributed by atoms with Crippen molar-refractivity contribution in [2.75, 3.05) is 6.54 Å². The molecule has 0 saturated carbocycles. The zero-order valence-corrected chi connectivity index (χ0v) is 14.2. The molecule has 1 aliphatic rings. The smallest absolute Gasteiger partial charge is 0.234 e. The topological polar surface area (TPSA) is 86.0 Å². The molecule has 0 unspecified atom stereocenters.